The van der Waals surface area contributed by atoms with Crippen molar-refractivity contribution >= 4 is 5.91 Å². The van der Waals surface area contributed by atoms with Gasteiger partial charge in [0.1, 0.15) is 0 Å². The van der Waals surface area contributed by atoms with E-state index < -0.39 is 0 Å². The highest BCUT2D eigenvalue weighted by Gasteiger charge is 2.20. The predicted molar refractivity (Wildman–Crippen MR) is 38.7 cm³/mol. The summed E-state index contributed by atoms with van der Waals surface area (Å²) in [6, 6.07) is 0. The van der Waals surface area contributed by atoms with Crippen molar-refractivity contribution in [3.63, 3.8) is 0 Å². The van der Waals surface area contributed by atoms with Gasteiger partial charge in [0.25, 0.3) is 0 Å². The molecular weight excluding hydrogens is 146 g/mol. The highest BCUT2D eigenvalue weighted by molar-refractivity contribution is 5.77. The fraction of sp³-hybridized carbons (Fsp3) is 0.857. The topological polar surface area (TPSA) is 47.6 Å². The van der Waals surface area contributed by atoms with Crippen molar-refractivity contribution in [2.45, 2.75) is 12.8 Å². The second-order valence-corrected chi connectivity index (χ2v) is 2.56. The summed E-state index contributed by atoms with van der Waals surface area (Å²) in [6.07, 6.45) is 1.60. The molecule has 1 fully saturated rings. The van der Waals surface area contributed by atoms with Gasteiger partial charge in [-0.3, -0.25) is 9.63 Å². The van der Waals surface area contributed by atoms with Gasteiger partial charge in [-0.1, -0.05) is 0 Å². The van der Waals surface area contributed by atoms with Crippen LogP contribution in [0.4, 0.5) is 0 Å². The molecule has 0 aromatic carbocycles. The van der Waals surface area contributed by atoms with Gasteiger partial charge in [-0.05, 0) is 12.8 Å². The van der Waals surface area contributed by atoms with Gasteiger partial charge in [-0.15, -0.1) is 0 Å². The number of hydrogen-bond donors (Lipinski definition) is 1. The van der Waals surface area contributed by atoms with Crippen molar-refractivity contribution in [1.29, 1.82) is 0 Å². The van der Waals surface area contributed by atoms with E-state index in [-0.39, 0.29) is 11.8 Å². The zero-order valence-electron chi connectivity index (χ0n) is 6.63. The van der Waals surface area contributed by atoms with Crippen LogP contribution in [0.25, 0.3) is 0 Å². The zero-order valence-corrected chi connectivity index (χ0v) is 6.63. The summed E-state index contributed by atoms with van der Waals surface area (Å²) >= 11 is 0. The molecule has 0 aromatic rings. The van der Waals surface area contributed by atoms with Crippen molar-refractivity contribution < 1.29 is 14.4 Å². The molecule has 1 N–H and O–H groups in total. The predicted octanol–water partition coefficient (Wildman–Crippen LogP) is 0.0906. The van der Waals surface area contributed by atoms with E-state index in [1.807, 2.05) is 0 Å². The number of nitrogens with one attached hydrogen (secondary N) is 1. The fourth-order valence-electron chi connectivity index (χ4n) is 1.14. The van der Waals surface area contributed by atoms with Crippen LogP contribution in [0.2, 0.25) is 0 Å². The van der Waals surface area contributed by atoms with Crippen LogP contribution in [-0.2, 0) is 14.4 Å². The third-order valence-electron chi connectivity index (χ3n) is 1.79. The number of rotatable bonds is 2. The van der Waals surface area contributed by atoms with Crippen LogP contribution in [0.3, 0.4) is 0 Å². The van der Waals surface area contributed by atoms with Crippen LogP contribution in [-0.4, -0.2) is 26.2 Å². The van der Waals surface area contributed by atoms with Crippen LogP contribution < -0.4 is 5.48 Å². The first-order chi connectivity index (χ1) is 5.34. The highest BCUT2D eigenvalue weighted by Crippen LogP contribution is 2.13. The quantitative estimate of drug-likeness (QED) is 0.581. The van der Waals surface area contributed by atoms with Gasteiger partial charge in [-0.25, -0.2) is 5.48 Å². The maximum absolute atomic E-state index is 11.1. The zero-order chi connectivity index (χ0) is 8.10. The summed E-state index contributed by atoms with van der Waals surface area (Å²) in [5, 5.41) is 0. The minimum atomic E-state index is -0.0317. The number of carbonyl (C=O) groups excluding carboxylic acids is 1. The first-order valence-electron chi connectivity index (χ1n) is 3.75. The Morgan fingerprint density at radius 3 is 2.73 bits per heavy atom. The van der Waals surface area contributed by atoms with E-state index in [0.29, 0.717) is 13.2 Å². The normalized spacial score (nSPS) is 19.7. The molecule has 4 heteroatoms. The molecule has 0 saturated carbocycles. The van der Waals surface area contributed by atoms with Crippen LogP contribution in [0.1, 0.15) is 12.8 Å². The number of carbonyl (C=O) groups is 1. The van der Waals surface area contributed by atoms with E-state index in [1.165, 1.54) is 7.11 Å². The molecule has 1 aliphatic rings. The molecule has 0 aromatic heterocycles. The number of hydroxylamine groups is 1. The maximum atomic E-state index is 11.1. The lowest BCUT2D eigenvalue weighted by Crippen LogP contribution is -2.33. The second kappa shape index (κ2) is 4.31. The van der Waals surface area contributed by atoms with Gasteiger partial charge in [0.2, 0.25) is 5.91 Å². The SMILES string of the molecule is CONC(=O)C1CCOCC1. The number of amides is 1. The number of hydrogen-bond acceptors (Lipinski definition) is 3. The summed E-state index contributed by atoms with van der Waals surface area (Å²) in [4.78, 5) is 15.6. The molecule has 1 saturated heterocycles. The Hall–Kier alpha value is -0.610. The van der Waals surface area contributed by atoms with Gasteiger partial charge >= 0.3 is 0 Å². The fourth-order valence-corrected chi connectivity index (χ4v) is 1.14. The van der Waals surface area contributed by atoms with Crippen LogP contribution >= 0.6 is 0 Å². The van der Waals surface area contributed by atoms with E-state index in [0.717, 1.165) is 12.8 Å². The van der Waals surface area contributed by atoms with Crippen molar-refractivity contribution in [2.75, 3.05) is 20.3 Å². The van der Waals surface area contributed by atoms with Gasteiger partial charge in [0.05, 0.1) is 7.11 Å². The smallest absolute Gasteiger partial charge is 0.246 e. The molecule has 11 heavy (non-hydrogen) atoms. The number of ether oxygens (including phenoxy) is 1. The third-order valence-corrected chi connectivity index (χ3v) is 1.79. The van der Waals surface area contributed by atoms with E-state index in [2.05, 4.69) is 10.3 Å². The maximum Gasteiger partial charge on any atom is 0.246 e. The van der Waals surface area contributed by atoms with Crippen LogP contribution in [0.5, 0.6) is 0 Å². The van der Waals surface area contributed by atoms with E-state index >= 15 is 0 Å². The molecule has 1 heterocycles. The van der Waals surface area contributed by atoms with Crippen molar-refractivity contribution in [3.05, 3.63) is 0 Å². The Morgan fingerprint density at radius 1 is 1.55 bits per heavy atom. The molecule has 1 rings (SSSR count). The Balaban J connectivity index is 2.27. The molecule has 0 aliphatic carbocycles. The van der Waals surface area contributed by atoms with Gasteiger partial charge in [-0.2, -0.15) is 0 Å². The first kappa shape index (κ1) is 8.49. The first-order valence-corrected chi connectivity index (χ1v) is 3.75. The lowest BCUT2D eigenvalue weighted by molar-refractivity contribution is -0.138. The third kappa shape index (κ3) is 2.48. The van der Waals surface area contributed by atoms with Gasteiger partial charge in [0, 0.05) is 19.1 Å². The van der Waals surface area contributed by atoms with E-state index in [9.17, 15) is 4.79 Å². The molecule has 64 valence electrons. The van der Waals surface area contributed by atoms with E-state index in [4.69, 9.17) is 4.74 Å². The Labute approximate surface area is 65.8 Å². The summed E-state index contributed by atoms with van der Waals surface area (Å²) in [5.74, 6) is 0.0412. The standard InChI is InChI=1S/C7H13NO3/c1-10-8-7(9)6-2-4-11-5-3-6/h6H,2-5H2,1H3,(H,8,9). The Bertz CT molecular complexity index is 132. The van der Waals surface area contributed by atoms with Crippen molar-refractivity contribution in [1.82, 2.24) is 5.48 Å². The van der Waals surface area contributed by atoms with Gasteiger partial charge in [0.15, 0.2) is 0 Å². The molecule has 0 bridgehead atoms. The molecule has 0 spiro atoms. The summed E-state index contributed by atoms with van der Waals surface area (Å²) in [7, 11) is 1.44. The van der Waals surface area contributed by atoms with Gasteiger partial charge < -0.3 is 4.74 Å². The van der Waals surface area contributed by atoms with Crippen LogP contribution in [0.15, 0.2) is 0 Å². The Morgan fingerprint density at radius 2 is 2.18 bits per heavy atom. The summed E-state index contributed by atoms with van der Waals surface area (Å²) < 4.78 is 5.11. The minimum absolute atomic E-state index is 0.0317. The summed E-state index contributed by atoms with van der Waals surface area (Å²) in [6.45, 7) is 1.36. The average Bonchev–Trinajstić information content (AvgIpc) is 2.07. The lowest BCUT2D eigenvalue weighted by Gasteiger charge is -2.20. The molecule has 0 unspecified atom stereocenters. The average molecular weight is 159 g/mol. The van der Waals surface area contributed by atoms with Crippen LogP contribution in [0, 0.1) is 5.92 Å². The van der Waals surface area contributed by atoms with Crippen molar-refractivity contribution in [2.24, 2.45) is 5.92 Å². The summed E-state index contributed by atoms with van der Waals surface area (Å²) in [5.41, 5.74) is 2.32. The lowest BCUT2D eigenvalue weighted by atomic mass is 10.0. The van der Waals surface area contributed by atoms with E-state index in [1.54, 1.807) is 0 Å². The second-order valence-electron chi connectivity index (χ2n) is 2.56. The highest BCUT2D eigenvalue weighted by atomic mass is 16.6. The monoisotopic (exact) mass is 159 g/mol. The molecule has 4 nitrogen and oxygen atoms in total. The molecule has 1 aliphatic heterocycles. The Kier molecular flexibility index (Phi) is 3.32. The minimum Gasteiger partial charge on any atom is -0.381 e. The molecule has 1 amide bonds. The van der Waals surface area contributed by atoms with Crippen molar-refractivity contribution in [3.8, 4) is 0 Å². The largest absolute Gasteiger partial charge is 0.381 e. The molecular formula is C7H13NO3. The molecule has 0 atom stereocenters. The molecule has 0 radical (unpaired) electrons.